The first-order chi connectivity index (χ1) is 11.1. The lowest BCUT2D eigenvalue weighted by Crippen LogP contribution is -2.31. The number of amides is 1. The largest absolute Gasteiger partial charge is 0.481 e. The maximum atomic E-state index is 12.5. The van der Waals surface area contributed by atoms with Crippen LogP contribution < -0.4 is 5.32 Å². The molecule has 1 aliphatic rings. The zero-order valence-corrected chi connectivity index (χ0v) is 13.7. The van der Waals surface area contributed by atoms with Crippen molar-refractivity contribution in [2.45, 2.75) is 31.7 Å². The number of hydrogen-bond donors (Lipinski definition) is 2. The maximum Gasteiger partial charge on any atom is 0.305 e. The first-order valence-electron chi connectivity index (χ1n) is 7.67. The van der Waals surface area contributed by atoms with Gasteiger partial charge in [0.1, 0.15) is 0 Å². The molecule has 1 heterocycles. The highest BCUT2D eigenvalue weighted by Gasteiger charge is 2.45. The number of benzene rings is 1. The van der Waals surface area contributed by atoms with E-state index in [1.54, 1.807) is 0 Å². The van der Waals surface area contributed by atoms with Gasteiger partial charge in [0.25, 0.3) is 0 Å². The molecule has 23 heavy (non-hydrogen) atoms. The minimum absolute atomic E-state index is 0.0436. The van der Waals surface area contributed by atoms with E-state index in [9.17, 15) is 9.59 Å². The van der Waals surface area contributed by atoms with Gasteiger partial charge in [-0.2, -0.15) is 0 Å². The summed E-state index contributed by atoms with van der Waals surface area (Å²) in [7, 11) is 0. The van der Waals surface area contributed by atoms with E-state index in [2.05, 4.69) is 24.4 Å². The molecule has 0 spiro atoms. The Kier molecular flexibility index (Phi) is 4.48. The predicted octanol–water partition coefficient (Wildman–Crippen LogP) is 3.49. The zero-order valence-electron chi connectivity index (χ0n) is 12.9. The third-order valence-electron chi connectivity index (χ3n) is 4.30. The fourth-order valence-electron chi connectivity index (χ4n) is 3.00. The Morgan fingerprint density at radius 3 is 2.74 bits per heavy atom. The number of carbonyl (C=O) groups excluding carboxylic acids is 1. The number of hydrogen-bond acceptors (Lipinski definition) is 3. The van der Waals surface area contributed by atoms with Crippen LogP contribution in [0.25, 0.3) is 0 Å². The van der Waals surface area contributed by atoms with Gasteiger partial charge in [0.15, 0.2) is 0 Å². The maximum absolute atomic E-state index is 12.5. The molecule has 0 bridgehead atoms. The van der Waals surface area contributed by atoms with Crippen molar-refractivity contribution in [2.24, 2.45) is 5.92 Å². The molecule has 1 aromatic carbocycles. The number of aliphatic carboxylic acids is 1. The van der Waals surface area contributed by atoms with Gasteiger partial charge in [-0.3, -0.25) is 9.59 Å². The Morgan fingerprint density at radius 1 is 1.30 bits per heavy atom. The van der Waals surface area contributed by atoms with Crippen molar-refractivity contribution in [3.63, 3.8) is 0 Å². The molecule has 1 aliphatic carbocycles. The molecule has 1 saturated carbocycles. The smallest absolute Gasteiger partial charge is 0.305 e. The molecule has 0 saturated heterocycles. The summed E-state index contributed by atoms with van der Waals surface area (Å²) in [5.74, 6) is -0.745. The summed E-state index contributed by atoms with van der Waals surface area (Å²) in [6, 6.07) is 11.4. The lowest BCUT2D eigenvalue weighted by Gasteiger charge is -2.15. The van der Waals surface area contributed by atoms with Crippen LogP contribution in [0.2, 0.25) is 0 Å². The van der Waals surface area contributed by atoms with Crippen molar-refractivity contribution in [1.82, 2.24) is 5.32 Å². The van der Waals surface area contributed by atoms with E-state index in [-0.39, 0.29) is 24.2 Å². The zero-order chi connectivity index (χ0) is 16.4. The molecule has 0 unspecified atom stereocenters. The number of rotatable bonds is 6. The molecule has 0 aliphatic heterocycles. The first-order valence-corrected chi connectivity index (χ1v) is 8.55. The van der Waals surface area contributed by atoms with Crippen LogP contribution in [0.1, 0.15) is 40.8 Å². The number of carboxylic acids is 1. The number of thiophene rings is 1. The number of carbonyl (C=O) groups is 2. The molecule has 2 N–H and O–H groups in total. The monoisotopic (exact) mass is 329 g/mol. The Hall–Kier alpha value is -2.14. The number of nitrogens with one attached hydrogen (secondary N) is 1. The highest BCUT2D eigenvalue weighted by molar-refractivity contribution is 7.10. The molecule has 0 radical (unpaired) electrons. The van der Waals surface area contributed by atoms with E-state index in [0.717, 1.165) is 11.3 Å². The van der Waals surface area contributed by atoms with Crippen LogP contribution in [-0.2, 0) is 9.59 Å². The number of aryl methyl sites for hydroxylation is 1. The summed E-state index contributed by atoms with van der Waals surface area (Å²) in [4.78, 5) is 24.4. The van der Waals surface area contributed by atoms with Crippen LogP contribution in [0.4, 0.5) is 0 Å². The van der Waals surface area contributed by atoms with Gasteiger partial charge in [-0.05, 0) is 41.8 Å². The summed E-state index contributed by atoms with van der Waals surface area (Å²) < 4.78 is 0. The minimum atomic E-state index is -0.907. The summed E-state index contributed by atoms with van der Waals surface area (Å²) >= 11 is 1.47. The molecular weight excluding hydrogens is 310 g/mol. The van der Waals surface area contributed by atoms with E-state index in [1.165, 1.54) is 22.5 Å². The van der Waals surface area contributed by atoms with E-state index < -0.39 is 12.0 Å². The molecule has 4 nitrogen and oxygen atoms in total. The van der Waals surface area contributed by atoms with Gasteiger partial charge in [-0.15, -0.1) is 11.3 Å². The highest BCUT2D eigenvalue weighted by Crippen LogP contribution is 2.48. The summed E-state index contributed by atoms with van der Waals surface area (Å²) in [5.41, 5.74) is 2.42. The van der Waals surface area contributed by atoms with Gasteiger partial charge in [-0.1, -0.05) is 30.3 Å². The molecule has 1 amide bonds. The molecule has 5 heteroatoms. The predicted molar refractivity (Wildman–Crippen MR) is 89.5 cm³/mol. The molecule has 3 rings (SSSR count). The van der Waals surface area contributed by atoms with Gasteiger partial charge >= 0.3 is 5.97 Å². The van der Waals surface area contributed by atoms with Crippen molar-refractivity contribution in [3.8, 4) is 0 Å². The van der Waals surface area contributed by atoms with E-state index >= 15 is 0 Å². The van der Waals surface area contributed by atoms with Crippen LogP contribution in [0.5, 0.6) is 0 Å². The normalized spacial score (nSPS) is 20.7. The van der Waals surface area contributed by atoms with E-state index in [1.807, 2.05) is 29.6 Å². The summed E-state index contributed by atoms with van der Waals surface area (Å²) in [5, 5.41) is 13.9. The van der Waals surface area contributed by atoms with Gasteiger partial charge in [0, 0.05) is 10.8 Å². The third kappa shape index (κ3) is 3.62. The Bertz CT molecular complexity index is 711. The molecule has 120 valence electrons. The lowest BCUT2D eigenvalue weighted by atomic mass is 10.0. The van der Waals surface area contributed by atoms with Crippen LogP contribution >= 0.6 is 11.3 Å². The summed E-state index contributed by atoms with van der Waals surface area (Å²) in [6.45, 7) is 2.06. The van der Waals surface area contributed by atoms with Crippen molar-refractivity contribution >= 4 is 23.2 Å². The van der Waals surface area contributed by atoms with Crippen LogP contribution in [-0.4, -0.2) is 17.0 Å². The van der Waals surface area contributed by atoms with Crippen LogP contribution in [0.3, 0.4) is 0 Å². The topological polar surface area (TPSA) is 66.4 Å². The molecule has 1 fully saturated rings. The lowest BCUT2D eigenvalue weighted by molar-refractivity contribution is -0.137. The fourth-order valence-corrected chi connectivity index (χ4v) is 3.77. The van der Waals surface area contributed by atoms with Crippen LogP contribution in [0.15, 0.2) is 41.8 Å². The molecular formula is C18H19NO3S. The Labute approximate surface area is 139 Å². The standard InChI is InChI=1S/C18H19NO3S/c1-11-5-2-3-6-12(11)13-9-14(13)18(22)19-15(10-17(20)21)16-7-4-8-23-16/h2-8,13-15H,9-10H2,1H3,(H,19,22)(H,20,21)/t13-,14-,15-/m0/s1. The van der Waals surface area contributed by atoms with Gasteiger partial charge in [0.2, 0.25) is 5.91 Å². The van der Waals surface area contributed by atoms with E-state index in [4.69, 9.17) is 5.11 Å². The Balaban J connectivity index is 1.67. The average molecular weight is 329 g/mol. The van der Waals surface area contributed by atoms with Crippen molar-refractivity contribution < 1.29 is 14.7 Å². The minimum Gasteiger partial charge on any atom is -0.481 e. The average Bonchev–Trinajstić information content (AvgIpc) is 3.11. The third-order valence-corrected chi connectivity index (χ3v) is 5.28. The fraction of sp³-hybridized carbons (Fsp3) is 0.333. The molecule has 1 aromatic heterocycles. The second kappa shape index (κ2) is 6.54. The molecule has 3 atom stereocenters. The van der Waals surface area contributed by atoms with Crippen molar-refractivity contribution in [3.05, 3.63) is 57.8 Å². The SMILES string of the molecule is Cc1ccccc1[C@@H]1C[C@@H]1C(=O)N[C@@H](CC(=O)O)c1cccs1. The van der Waals surface area contributed by atoms with E-state index in [0.29, 0.717) is 0 Å². The van der Waals surface area contributed by atoms with Gasteiger partial charge in [0.05, 0.1) is 12.5 Å². The summed E-state index contributed by atoms with van der Waals surface area (Å²) in [6.07, 6.45) is 0.745. The van der Waals surface area contributed by atoms with Crippen LogP contribution in [0, 0.1) is 12.8 Å². The quantitative estimate of drug-likeness (QED) is 0.852. The Morgan fingerprint density at radius 2 is 2.09 bits per heavy atom. The van der Waals surface area contributed by atoms with Gasteiger partial charge < -0.3 is 10.4 Å². The van der Waals surface area contributed by atoms with Gasteiger partial charge in [-0.25, -0.2) is 0 Å². The second-order valence-electron chi connectivity index (χ2n) is 5.98. The molecule has 2 aromatic rings. The number of carboxylic acid groups (broad SMARTS) is 1. The van der Waals surface area contributed by atoms with Crippen molar-refractivity contribution in [2.75, 3.05) is 0 Å². The highest BCUT2D eigenvalue weighted by atomic mass is 32.1. The second-order valence-corrected chi connectivity index (χ2v) is 6.96. The first kappa shape index (κ1) is 15.7. The van der Waals surface area contributed by atoms with Crippen molar-refractivity contribution in [1.29, 1.82) is 0 Å².